The van der Waals surface area contributed by atoms with Gasteiger partial charge in [-0.2, -0.15) is 0 Å². The lowest BCUT2D eigenvalue weighted by Crippen LogP contribution is -2.26. The number of pyridine rings is 1. The number of hydrogen-bond acceptors (Lipinski definition) is 3. The van der Waals surface area contributed by atoms with Crippen LogP contribution in [0, 0.1) is 11.7 Å². The van der Waals surface area contributed by atoms with Gasteiger partial charge < -0.3 is 0 Å². The minimum Gasteiger partial charge on any atom is -0.241 e. The fourth-order valence-electron chi connectivity index (χ4n) is 2.53. The quantitative estimate of drug-likeness (QED) is 0.817. The van der Waals surface area contributed by atoms with Crippen LogP contribution in [-0.4, -0.2) is 19.9 Å². The van der Waals surface area contributed by atoms with Crippen LogP contribution >= 0.6 is 0 Å². The van der Waals surface area contributed by atoms with Gasteiger partial charge in [0.05, 0.1) is 0 Å². The van der Waals surface area contributed by atoms with E-state index in [1.807, 2.05) is 0 Å². The van der Waals surface area contributed by atoms with Crippen molar-refractivity contribution < 1.29 is 12.8 Å². The molecule has 0 radical (unpaired) electrons. The van der Waals surface area contributed by atoms with Gasteiger partial charge in [-0.1, -0.05) is 25.7 Å². The summed E-state index contributed by atoms with van der Waals surface area (Å²) in [5.41, 5.74) is 0. The third kappa shape index (κ3) is 3.98. The molecule has 0 bridgehead atoms. The number of hydrogen-bond donors (Lipinski definition) is 1. The third-order valence-corrected chi connectivity index (χ3v) is 4.93. The van der Waals surface area contributed by atoms with E-state index in [2.05, 4.69) is 9.71 Å². The van der Waals surface area contributed by atoms with Crippen LogP contribution in [0.3, 0.4) is 0 Å². The van der Waals surface area contributed by atoms with E-state index in [0.29, 0.717) is 6.54 Å². The molecule has 0 aromatic carbocycles. The lowest BCUT2D eigenvalue weighted by atomic mass is 10.0. The van der Waals surface area contributed by atoms with Crippen LogP contribution in [0.5, 0.6) is 0 Å². The zero-order chi connectivity index (χ0) is 13.7. The van der Waals surface area contributed by atoms with Crippen molar-refractivity contribution in [2.24, 2.45) is 5.92 Å². The number of nitrogens with zero attached hydrogens (tertiary/aromatic N) is 1. The van der Waals surface area contributed by atoms with Crippen LogP contribution in [0.4, 0.5) is 4.39 Å². The molecule has 0 amide bonds. The highest BCUT2D eigenvalue weighted by Crippen LogP contribution is 2.28. The number of rotatable bonds is 6. The molecule has 1 aliphatic carbocycles. The van der Waals surface area contributed by atoms with Crippen LogP contribution in [0.15, 0.2) is 23.4 Å². The van der Waals surface area contributed by atoms with Gasteiger partial charge in [0.2, 0.25) is 5.03 Å². The molecule has 2 rings (SSSR count). The summed E-state index contributed by atoms with van der Waals surface area (Å²) in [6, 6.07) is 2.47. The predicted octanol–water partition coefficient (Wildman–Crippen LogP) is 2.47. The van der Waals surface area contributed by atoms with E-state index < -0.39 is 20.9 Å². The Morgan fingerprint density at radius 1 is 1.37 bits per heavy atom. The summed E-state index contributed by atoms with van der Waals surface area (Å²) in [7, 11) is -3.82. The molecule has 0 aliphatic heterocycles. The van der Waals surface area contributed by atoms with Crippen LogP contribution in [0.2, 0.25) is 0 Å². The van der Waals surface area contributed by atoms with Gasteiger partial charge in [0.15, 0.2) is 5.82 Å². The zero-order valence-electron chi connectivity index (χ0n) is 10.8. The molecule has 1 saturated carbocycles. The van der Waals surface area contributed by atoms with E-state index in [4.69, 9.17) is 0 Å². The van der Waals surface area contributed by atoms with Crippen LogP contribution in [-0.2, 0) is 10.0 Å². The first kappa shape index (κ1) is 14.4. The van der Waals surface area contributed by atoms with Gasteiger partial charge in [0.25, 0.3) is 10.0 Å². The highest BCUT2D eigenvalue weighted by Gasteiger charge is 2.20. The number of aromatic nitrogens is 1. The van der Waals surface area contributed by atoms with Gasteiger partial charge in [-0.3, -0.25) is 0 Å². The molecule has 0 unspecified atom stereocenters. The molecule has 1 fully saturated rings. The average molecular weight is 286 g/mol. The van der Waals surface area contributed by atoms with Crippen LogP contribution < -0.4 is 4.72 Å². The van der Waals surface area contributed by atoms with E-state index in [-0.39, 0.29) is 0 Å². The van der Waals surface area contributed by atoms with Gasteiger partial charge in [-0.15, -0.1) is 0 Å². The molecule has 1 aromatic heterocycles. The minimum atomic E-state index is -3.82. The standard InChI is InChI=1S/C13H19FN2O2S/c14-12-8-4-9-15-13(12)19(17,18)16-10-3-7-11-5-1-2-6-11/h4,8-9,11,16H,1-3,5-7,10H2. The van der Waals surface area contributed by atoms with Crippen molar-refractivity contribution in [3.63, 3.8) is 0 Å². The van der Waals surface area contributed by atoms with E-state index in [0.717, 1.165) is 24.8 Å². The summed E-state index contributed by atoms with van der Waals surface area (Å²) in [5, 5.41) is -0.518. The van der Waals surface area contributed by atoms with E-state index in [9.17, 15) is 12.8 Å². The Hall–Kier alpha value is -1.01. The zero-order valence-corrected chi connectivity index (χ0v) is 11.6. The Bertz CT molecular complexity index is 513. The fraction of sp³-hybridized carbons (Fsp3) is 0.615. The lowest BCUT2D eigenvalue weighted by Gasteiger charge is -2.09. The maximum atomic E-state index is 13.4. The molecule has 1 heterocycles. The highest BCUT2D eigenvalue weighted by atomic mass is 32.2. The molecule has 1 N–H and O–H groups in total. The predicted molar refractivity (Wildman–Crippen MR) is 70.6 cm³/mol. The molecule has 0 saturated heterocycles. The van der Waals surface area contributed by atoms with Crippen molar-refractivity contribution in [2.45, 2.75) is 43.6 Å². The summed E-state index contributed by atoms with van der Waals surface area (Å²) >= 11 is 0. The van der Waals surface area contributed by atoms with E-state index in [1.54, 1.807) is 0 Å². The second-order valence-electron chi connectivity index (χ2n) is 4.98. The Morgan fingerprint density at radius 2 is 2.11 bits per heavy atom. The number of halogens is 1. The van der Waals surface area contributed by atoms with E-state index in [1.165, 1.54) is 37.9 Å². The van der Waals surface area contributed by atoms with Crippen molar-refractivity contribution in [1.29, 1.82) is 0 Å². The summed E-state index contributed by atoms with van der Waals surface area (Å²) < 4.78 is 39.4. The normalized spacial score (nSPS) is 16.9. The number of nitrogens with one attached hydrogen (secondary N) is 1. The SMILES string of the molecule is O=S(=O)(NCCCC1CCCC1)c1ncccc1F. The first-order valence-electron chi connectivity index (χ1n) is 6.70. The maximum Gasteiger partial charge on any atom is 0.261 e. The van der Waals surface area contributed by atoms with Crippen molar-refractivity contribution in [2.75, 3.05) is 6.54 Å². The van der Waals surface area contributed by atoms with Crippen LogP contribution in [0.1, 0.15) is 38.5 Å². The Balaban J connectivity index is 1.82. The third-order valence-electron chi connectivity index (χ3n) is 3.54. The van der Waals surface area contributed by atoms with Gasteiger partial charge in [0.1, 0.15) is 0 Å². The van der Waals surface area contributed by atoms with Gasteiger partial charge in [0, 0.05) is 12.7 Å². The van der Waals surface area contributed by atoms with Gasteiger partial charge >= 0.3 is 0 Å². The minimum absolute atomic E-state index is 0.342. The lowest BCUT2D eigenvalue weighted by molar-refractivity contribution is 0.479. The molecule has 1 aliphatic rings. The molecule has 0 spiro atoms. The van der Waals surface area contributed by atoms with Crippen molar-refractivity contribution in [1.82, 2.24) is 9.71 Å². The van der Waals surface area contributed by atoms with Crippen molar-refractivity contribution in [3.8, 4) is 0 Å². The molecule has 1 aromatic rings. The first-order chi connectivity index (χ1) is 9.09. The summed E-state index contributed by atoms with van der Waals surface area (Å²) in [4.78, 5) is 3.58. The van der Waals surface area contributed by atoms with Gasteiger partial charge in [-0.05, 0) is 30.9 Å². The molecular formula is C13H19FN2O2S. The monoisotopic (exact) mass is 286 g/mol. The molecule has 0 atom stereocenters. The summed E-state index contributed by atoms with van der Waals surface area (Å²) in [5.74, 6) is -0.0816. The largest absolute Gasteiger partial charge is 0.261 e. The van der Waals surface area contributed by atoms with Crippen molar-refractivity contribution in [3.05, 3.63) is 24.1 Å². The molecular weight excluding hydrogens is 267 g/mol. The average Bonchev–Trinajstić information content (AvgIpc) is 2.88. The Kier molecular flexibility index (Phi) is 4.87. The number of sulfonamides is 1. The van der Waals surface area contributed by atoms with Gasteiger partial charge in [-0.25, -0.2) is 22.5 Å². The molecule has 106 valence electrons. The summed E-state index contributed by atoms with van der Waals surface area (Å²) in [6.07, 6.45) is 8.18. The van der Waals surface area contributed by atoms with Crippen LogP contribution in [0.25, 0.3) is 0 Å². The van der Waals surface area contributed by atoms with Crippen molar-refractivity contribution >= 4 is 10.0 Å². The molecule has 6 heteroatoms. The first-order valence-corrected chi connectivity index (χ1v) is 8.18. The molecule has 19 heavy (non-hydrogen) atoms. The smallest absolute Gasteiger partial charge is 0.241 e. The topological polar surface area (TPSA) is 59.1 Å². The fourth-order valence-corrected chi connectivity index (χ4v) is 3.61. The maximum absolute atomic E-state index is 13.4. The Labute approximate surface area is 113 Å². The Morgan fingerprint density at radius 3 is 2.79 bits per heavy atom. The highest BCUT2D eigenvalue weighted by molar-refractivity contribution is 7.89. The summed E-state index contributed by atoms with van der Waals surface area (Å²) in [6.45, 7) is 0.342. The molecule has 4 nitrogen and oxygen atoms in total. The van der Waals surface area contributed by atoms with E-state index >= 15 is 0 Å². The second-order valence-corrected chi connectivity index (χ2v) is 6.66. The second kappa shape index (κ2) is 6.43.